The van der Waals surface area contributed by atoms with Gasteiger partial charge in [-0.15, -0.1) is 11.6 Å². The molecule has 0 radical (unpaired) electrons. The van der Waals surface area contributed by atoms with Gasteiger partial charge < -0.3 is 9.47 Å². The summed E-state index contributed by atoms with van der Waals surface area (Å²) in [6, 6.07) is 5.69. The summed E-state index contributed by atoms with van der Waals surface area (Å²) in [5, 5.41) is 4.21. The van der Waals surface area contributed by atoms with Crippen LogP contribution in [0.5, 0.6) is 11.5 Å². The van der Waals surface area contributed by atoms with Gasteiger partial charge in [0.1, 0.15) is 6.61 Å². The smallest absolute Gasteiger partial charge is 0.161 e. The lowest BCUT2D eigenvalue weighted by atomic mass is 10.2. The van der Waals surface area contributed by atoms with Crippen LogP contribution in [0.25, 0.3) is 0 Å². The molecule has 4 nitrogen and oxygen atoms in total. The van der Waals surface area contributed by atoms with Crippen LogP contribution < -0.4 is 9.47 Å². The molecule has 0 fully saturated rings. The molecular weight excluding hydrogens is 264 g/mol. The van der Waals surface area contributed by atoms with Gasteiger partial charge in [-0.05, 0) is 24.6 Å². The minimum atomic E-state index is 0.453. The van der Waals surface area contributed by atoms with E-state index in [2.05, 4.69) is 5.10 Å². The molecule has 5 heteroatoms. The van der Waals surface area contributed by atoms with Crippen LogP contribution in [0.15, 0.2) is 30.6 Å². The van der Waals surface area contributed by atoms with Crippen molar-refractivity contribution >= 4 is 11.6 Å². The molecule has 0 bridgehead atoms. The van der Waals surface area contributed by atoms with Crippen LogP contribution in [-0.4, -0.2) is 16.9 Å². The van der Waals surface area contributed by atoms with Crippen molar-refractivity contribution in [3.05, 3.63) is 41.7 Å². The standard InChI is InChI=1S/C14H17ClN2O2/c1-3-17-9-12(8-16-17)10-19-14-6-11(7-15)4-5-13(14)18-2/h4-6,8-9H,3,7,10H2,1-2H3. The van der Waals surface area contributed by atoms with E-state index in [1.54, 1.807) is 13.3 Å². The lowest BCUT2D eigenvalue weighted by Gasteiger charge is -2.11. The van der Waals surface area contributed by atoms with E-state index in [1.165, 1.54) is 0 Å². The predicted molar refractivity (Wildman–Crippen MR) is 74.8 cm³/mol. The number of ether oxygens (including phenoxy) is 2. The number of alkyl halides is 1. The van der Waals surface area contributed by atoms with Crippen molar-refractivity contribution in [3.8, 4) is 11.5 Å². The summed E-state index contributed by atoms with van der Waals surface area (Å²) in [7, 11) is 1.62. The van der Waals surface area contributed by atoms with Crippen LogP contribution in [0.1, 0.15) is 18.1 Å². The van der Waals surface area contributed by atoms with Crippen molar-refractivity contribution in [2.45, 2.75) is 26.0 Å². The first kappa shape index (κ1) is 13.7. The number of benzene rings is 1. The first-order valence-electron chi connectivity index (χ1n) is 6.13. The fourth-order valence-corrected chi connectivity index (χ4v) is 1.90. The molecule has 0 atom stereocenters. The fourth-order valence-electron chi connectivity index (χ4n) is 1.73. The SMILES string of the molecule is CCn1cc(COc2cc(CCl)ccc2OC)cn1. The van der Waals surface area contributed by atoms with Gasteiger partial charge in [-0.3, -0.25) is 4.68 Å². The van der Waals surface area contributed by atoms with Gasteiger partial charge in [0.2, 0.25) is 0 Å². The second-order valence-electron chi connectivity index (χ2n) is 4.11. The third kappa shape index (κ3) is 3.41. The Labute approximate surface area is 117 Å². The van der Waals surface area contributed by atoms with E-state index in [-0.39, 0.29) is 0 Å². The van der Waals surface area contributed by atoms with E-state index in [9.17, 15) is 0 Å². The molecule has 2 rings (SSSR count). The van der Waals surface area contributed by atoms with E-state index >= 15 is 0 Å². The van der Waals surface area contributed by atoms with E-state index in [0.717, 1.165) is 17.7 Å². The number of rotatable bonds is 6. The second kappa shape index (κ2) is 6.48. The Morgan fingerprint density at radius 3 is 2.74 bits per heavy atom. The average molecular weight is 281 g/mol. The highest BCUT2D eigenvalue weighted by Crippen LogP contribution is 2.29. The molecule has 0 amide bonds. The molecule has 1 heterocycles. The largest absolute Gasteiger partial charge is 0.493 e. The quantitative estimate of drug-likeness (QED) is 0.762. The number of hydrogen-bond donors (Lipinski definition) is 0. The zero-order valence-electron chi connectivity index (χ0n) is 11.1. The number of halogens is 1. The van der Waals surface area contributed by atoms with Crippen molar-refractivity contribution < 1.29 is 9.47 Å². The van der Waals surface area contributed by atoms with Crippen molar-refractivity contribution in [3.63, 3.8) is 0 Å². The van der Waals surface area contributed by atoms with Crippen LogP contribution in [0.3, 0.4) is 0 Å². The summed E-state index contributed by atoms with van der Waals surface area (Å²) in [4.78, 5) is 0. The zero-order chi connectivity index (χ0) is 13.7. The lowest BCUT2D eigenvalue weighted by Crippen LogP contribution is -1.98. The highest BCUT2D eigenvalue weighted by atomic mass is 35.5. The highest BCUT2D eigenvalue weighted by molar-refractivity contribution is 6.17. The summed E-state index contributed by atoms with van der Waals surface area (Å²) < 4.78 is 12.9. The first-order chi connectivity index (χ1) is 9.26. The highest BCUT2D eigenvalue weighted by Gasteiger charge is 2.06. The third-order valence-electron chi connectivity index (χ3n) is 2.79. The normalized spacial score (nSPS) is 10.5. The monoisotopic (exact) mass is 280 g/mol. The third-order valence-corrected chi connectivity index (χ3v) is 3.10. The van der Waals surface area contributed by atoms with Crippen LogP contribution in [0, 0.1) is 0 Å². The number of nitrogens with zero attached hydrogens (tertiary/aromatic N) is 2. The van der Waals surface area contributed by atoms with Crippen LogP contribution in [-0.2, 0) is 19.0 Å². The lowest BCUT2D eigenvalue weighted by molar-refractivity contribution is 0.284. The molecule has 1 aromatic heterocycles. The molecule has 0 spiro atoms. The number of methoxy groups -OCH3 is 1. The molecule has 0 unspecified atom stereocenters. The van der Waals surface area contributed by atoms with E-state index in [4.69, 9.17) is 21.1 Å². The number of hydrogen-bond acceptors (Lipinski definition) is 3. The average Bonchev–Trinajstić information content (AvgIpc) is 2.92. The van der Waals surface area contributed by atoms with Gasteiger partial charge in [-0.2, -0.15) is 5.10 Å². The molecule has 2 aromatic rings. The maximum Gasteiger partial charge on any atom is 0.161 e. The molecule has 0 aliphatic heterocycles. The summed E-state index contributed by atoms with van der Waals surface area (Å²) in [6.45, 7) is 3.36. The second-order valence-corrected chi connectivity index (χ2v) is 4.38. The molecule has 19 heavy (non-hydrogen) atoms. The molecular formula is C14H17ClN2O2. The van der Waals surface area contributed by atoms with Crippen LogP contribution in [0.2, 0.25) is 0 Å². The maximum absolute atomic E-state index is 5.82. The van der Waals surface area contributed by atoms with Gasteiger partial charge >= 0.3 is 0 Å². The minimum Gasteiger partial charge on any atom is -0.493 e. The van der Waals surface area contributed by atoms with Gasteiger partial charge in [-0.25, -0.2) is 0 Å². The van der Waals surface area contributed by atoms with Crippen LogP contribution >= 0.6 is 11.6 Å². The van der Waals surface area contributed by atoms with Gasteiger partial charge in [0.25, 0.3) is 0 Å². The van der Waals surface area contributed by atoms with Gasteiger partial charge in [0.15, 0.2) is 11.5 Å². The molecule has 0 aliphatic rings. The topological polar surface area (TPSA) is 36.3 Å². The van der Waals surface area contributed by atoms with Crippen molar-refractivity contribution in [2.75, 3.05) is 7.11 Å². The maximum atomic E-state index is 5.82. The molecule has 0 aliphatic carbocycles. The van der Waals surface area contributed by atoms with Crippen molar-refractivity contribution in [2.24, 2.45) is 0 Å². The molecule has 0 saturated carbocycles. The van der Waals surface area contributed by atoms with Gasteiger partial charge in [0.05, 0.1) is 13.3 Å². The summed E-state index contributed by atoms with van der Waals surface area (Å²) in [5.74, 6) is 1.86. The summed E-state index contributed by atoms with van der Waals surface area (Å²) in [6.07, 6.45) is 3.78. The Bertz CT molecular complexity index is 540. The molecule has 1 aromatic carbocycles. The molecule has 102 valence electrons. The van der Waals surface area contributed by atoms with Crippen molar-refractivity contribution in [1.29, 1.82) is 0 Å². The van der Waals surface area contributed by atoms with Crippen molar-refractivity contribution in [1.82, 2.24) is 9.78 Å². The van der Waals surface area contributed by atoms with Gasteiger partial charge in [-0.1, -0.05) is 6.07 Å². The fraction of sp³-hybridized carbons (Fsp3) is 0.357. The minimum absolute atomic E-state index is 0.453. The van der Waals surface area contributed by atoms with E-state index < -0.39 is 0 Å². The molecule has 0 N–H and O–H groups in total. The Balaban J connectivity index is 2.09. The summed E-state index contributed by atoms with van der Waals surface area (Å²) >= 11 is 5.82. The zero-order valence-corrected chi connectivity index (χ0v) is 11.9. The van der Waals surface area contributed by atoms with E-state index in [0.29, 0.717) is 24.0 Å². The summed E-state index contributed by atoms with van der Waals surface area (Å²) in [5.41, 5.74) is 2.03. The molecule has 0 saturated heterocycles. The first-order valence-corrected chi connectivity index (χ1v) is 6.67. The van der Waals surface area contributed by atoms with Crippen LogP contribution in [0.4, 0.5) is 0 Å². The Hall–Kier alpha value is -1.68. The Kier molecular flexibility index (Phi) is 4.68. The Morgan fingerprint density at radius 2 is 2.11 bits per heavy atom. The predicted octanol–water partition coefficient (Wildman–Crippen LogP) is 3.23. The number of aryl methyl sites for hydroxylation is 1. The van der Waals surface area contributed by atoms with Gasteiger partial charge in [0, 0.05) is 24.2 Å². The Morgan fingerprint density at radius 1 is 1.26 bits per heavy atom. The van der Waals surface area contributed by atoms with E-state index in [1.807, 2.05) is 36.0 Å². The number of aromatic nitrogens is 2.